The minimum atomic E-state index is -0.775. The van der Waals surface area contributed by atoms with Crippen LogP contribution in [0.25, 0.3) is 0 Å². The normalized spacial score (nSPS) is 12.1. The quantitative estimate of drug-likeness (QED) is 0.754. The smallest absolute Gasteiger partial charge is 0.307 e. The molecule has 1 atom stereocenters. The molecule has 1 unspecified atom stereocenters. The lowest BCUT2D eigenvalue weighted by molar-refractivity contribution is -0.141. The number of hydrogen-bond donors (Lipinski definition) is 1. The minimum absolute atomic E-state index is 0.437. The van der Waals surface area contributed by atoms with E-state index in [9.17, 15) is 9.90 Å². The maximum atomic E-state index is 11.4. The van der Waals surface area contributed by atoms with Crippen molar-refractivity contribution in [1.29, 1.82) is 0 Å². The van der Waals surface area contributed by atoms with Gasteiger partial charge in [-0.3, -0.25) is 4.79 Å². The molecule has 0 aliphatic rings. The summed E-state index contributed by atoms with van der Waals surface area (Å²) in [5.74, 6) is -1.21. The summed E-state index contributed by atoms with van der Waals surface area (Å²) in [5.41, 5.74) is 2.00. The monoisotopic (exact) mass is 400 g/mol. The van der Waals surface area contributed by atoms with Gasteiger partial charge in [0.2, 0.25) is 0 Å². The molecule has 0 amide bonds. The predicted octanol–water partition coefficient (Wildman–Crippen LogP) is 4.43. The van der Waals surface area contributed by atoms with Crippen molar-refractivity contribution in [1.82, 2.24) is 0 Å². The van der Waals surface area contributed by atoms with Gasteiger partial charge in [0.25, 0.3) is 0 Å². The first-order valence-corrected chi connectivity index (χ1v) is 7.72. The summed E-state index contributed by atoms with van der Waals surface area (Å²) in [7, 11) is 0. The standard InChI is InChI=1S/C16H14ClIO2/c17-14-3-1-2-12(10-14)9-13(16(19)20)8-11-4-6-15(18)7-5-11/h1-7,10,13H,8-9H2,(H,19,20). The fourth-order valence-corrected chi connectivity index (χ4v) is 2.67. The van der Waals surface area contributed by atoms with Gasteiger partial charge in [0, 0.05) is 8.59 Å². The van der Waals surface area contributed by atoms with Gasteiger partial charge in [0.15, 0.2) is 0 Å². The summed E-state index contributed by atoms with van der Waals surface area (Å²) in [4.78, 5) is 11.4. The van der Waals surface area contributed by atoms with Crippen LogP contribution in [0.4, 0.5) is 0 Å². The van der Waals surface area contributed by atoms with Crippen molar-refractivity contribution >= 4 is 40.2 Å². The fourth-order valence-electron chi connectivity index (χ4n) is 2.10. The number of carbonyl (C=O) groups is 1. The van der Waals surface area contributed by atoms with E-state index in [0.29, 0.717) is 17.9 Å². The van der Waals surface area contributed by atoms with Crippen LogP contribution in [0.15, 0.2) is 48.5 Å². The topological polar surface area (TPSA) is 37.3 Å². The predicted molar refractivity (Wildman–Crippen MR) is 89.1 cm³/mol. The van der Waals surface area contributed by atoms with E-state index in [1.807, 2.05) is 42.5 Å². The van der Waals surface area contributed by atoms with Gasteiger partial charge in [-0.2, -0.15) is 0 Å². The van der Waals surface area contributed by atoms with E-state index in [-0.39, 0.29) is 0 Å². The number of rotatable bonds is 5. The molecule has 0 fully saturated rings. The number of halogens is 2. The maximum Gasteiger partial charge on any atom is 0.307 e. The molecule has 104 valence electrons. The number of carboxylic acid groups (broad SMARTS) is 1. The zero-order valence-corrected chi connectivity index (χ0v) is 13.6. The molecular formula is C16H14ClIO2. The minimum Gasteiger partial charge on any atom is -0.481 e. The Balaban J connectivity index is 2.11. The van der Waals surface area contributed by atoms with Gasteiger partial charge in [-0.25, -0.2) is 0 Å². The molecule has 2 rings (SSSR count). The maximum absolute atomic E-state index is 11.4. The van der Waals surface area contributed by atoms with Crippen LogP contribution in [-0.2, 0) is 17.6 Å². The first kappa shape index (κ1) is 15.3. The lowest BCUT2D eigenvalue weighted by Crippen LogP contribution is -2.19. The van der Waals surface area contributed by atoms with Crippen LogP contribution in [0.3, 0.4) is 0 Å². The van der Waals surface area contributed by atoms with E-state index in [1.165, 1.54) is 0 Å². The number of aliphatic carboxylic acids is 1. The molecule has 0 spiro atoms. The van der Waals surface area contributed by atoms with E-state index < -0.39 is 11.9 Å². The molecule has 0 bridgehead atoms. The van der Waals surface area contributed by atoms with Crippen molar-refractivity contribution in [2.45, 2.75) is 12.8 Å². The van der Waals surface area contributed by atoms with E-state index in [1.54, 1.807) is 6.07 Å². The van der Waals surface area contributed by atoms with Gasteiger partial charge < -0.3 is 5.11 Å². The number of benzene rings is 2. The molecule has 2 aromatic carbocycles. The van der Waals surface area contributed by atoms with Gasteiger partial charge in [-0.1, -0.05) is 35.9 Å². The molecule has 4 heteroatoms. The van der Waals surface area contributed by atoms with Gasteiger partial charge in [0.1, 0.15) is 0 Å². The molecule has 2 aromatic rings. The summed E-state index contributed by atoms with van der Waals surface area (Å²) in [5, 5.41) is 10.0. The molecule has 0 radical (unpaired) electrons. The Labute approximate surface area is 136 Å². The highest BCUT2D eigenvalue weighted by molar-refractivity contribution is 14.1. The molecular weight excluding hydrogens is 387 g/mol. The molecule has 1 N–H and O–H groups in total. The Morgan fingerprint density at radius 1 is 1.10 bits per heavy atom. The molecule has 0 aliphatic heterocycles. The molecule has 2 nitrogen and oxygen atoms in total. The van der Waals surface area contributed by atoms with Crippen molar-refractivity contribution in [2.75, 3.05) is 0 Å². The van der Waals surface area contributed by atoms with E-state index in [2.05, 4.69) is 22.6 Å². The summed E-state index contributed by atoms with van der Waals surface area (Å²) in [6.45, 7) is 0. The summed E-state index contributed by atoms with van der Waals surface area (Å²) >= 11 is 8.17. The third-order valence-electron chi connectivity index (χ3n) is 3.12. The van der Waals surface area contributed by atoms with Crippen LogP contribution in [0.5, 0.6) is 0 Å². The Morgan fingerprint density at radius 2 is 1.75 bits per heavy atom. The molecule has 20 heavy (non-hydrogen) atoms. The first-order valence-electron chi connectivity index (χ1n) is 6.26. The highest BCUT2D eigenvalue weighted by atomic mass is 127. The van der Waals surface area contributed by atoms with Gasteiger partial charge in [-0.05, 0) is 70.8 Å². The molecule has 0 aromatic heterocycles. The largest absolute Gasteiger partial charge is 0.481 e. The van der Waals surface area contributed by atoms with Crippen molar-refractivity contribution in [2.24, 2.45) is 5.92 Å². The van der Waals surface area contributed by atoms with Crippen molar-refractivity contribution in [3.63, 3.8) is 0 Å². The van der Waals surface area contributed by atoms with Crippen molar-refractivity contribution < 1.29 is 9.90 Å². The third-order valence-corrected chi connectivity index (χ3v) is 4.07. The van der Waals surface area contributed by atoms with Gasteiger partial charge in [-0.15, -0.1) is 0 Å². The highest BCUT2D eigenvalue weighted by Gasteiger charge is 2.18. The third kappa shape index (κ3) is 4.49. The molecule has 0 saturated carbocycles. The highest BCUT2D eigenvalue weighted by Crippen LogP contribution is 2.19. The number of hydrogen-bond acceptors (Lipinski definition) is 1. The molecule has 0 aliphatic carbocycles. The van der Waals surface area contributed by atoms with Crippen LogP contribution in [-0.4, -0.2) is 11.1 Å². The SMILES string of the molecule is O=C(O)C(Cc1ccc(I)cc1)Cc1cccc(Cl)c1. The average Bonchev–Trinajstić information content (AvgIpc) is 2.40. The second-order valence-corrected chi connectivity index (χ2v) is 6.38. The Morgan fingerprint density at radius 3 is 2.35 bits per heavy atom. The summed E-state index contributed by atoms with van der Waals surface area (Å²) < 4.78 is 1.15. The Hall–Kier alpha value is -1.07. The van der Waals surface area contributed by atoms with Crippen LogP contribution in [0, 0.1) is 9.49 Å². The zero-order chi connectivity index (χ0) is 14.5. The van der Waals surface area contributed by atoms with Crippen molar-refractivity contribution in [3.05, 3.63) is 68.3 Å². The first-order chi connectivity index (χ1) is 9.54. The van der Waals surface area contributed by atoms with Gasteiger partial charge >= 0.3 is 5.97 Å². The van der Waals surface area contributed by atoms with Crippen LogP contribution >= 0.6 is 34.2 Å². The zero-order valence-electron chi connectivity index (χ0n) is 10.7. The van der Waals surface area contributed by atoms with Crippen molar-refractivity contribution in [3.8, 4) is 0 Å². The molecule has 0 heterocycles. The van der Waals surface area contributed by atoms with Crippen LogP contribution in [0.2, 0.25) is 5.02 Å². The number of carboxylic acids is 1. The van der Waals surface area contributed by atoms with Gasteiger partial charge in [0.05, 0.1) is 5.92 Å². The fraction of sp³-hybridized carbons (Fsp3) is 0.188. The molecule has 0 saturated heterocycles. The summed E-state index contributed by atoms with van der Waals surface area (Å²) in [6, 6.07) is 15.3. The summed E-state index contributed by atoms with van der Waals surface area (Å²) in [6.07, 6.45) is 1.01. The van der Waals surface area contributed by atoms with Crippen LogP contribution < -0.4 is 0 Å². The second kappa shape index (κ2) is 7.09. The Bertz CT molecular complexity index is 596. The van der Waals surface area contributed by atoms with E-state index in [0.717, 1.165) is 14.7 Å². The van der Waals surface area contributed by atoms with E-state index >= 15 is 0 Å². The average molecular weight is 401 g/mol. The van der Waals surface area contributed by atoms with Crippen LogP contribution in [0.1, 0.15) is 11.1 Å². The second-order valence-electron chi connectivity index (χ2n) is 4.70. The van der Waals surface area contributed by atoms with E-state index in [4.69, 9.17) is 11.6 Å². The lowest BCUT2D eigenvalue weighted by Gasteiger charge is -2.13. The Kier molecular flexibility index (Phi) is 5.43. The lowest BCUT2D eigenvalue weighted by atomic mass is 9.93.